The highest BCUT2D eigenvalue weighted by Crippen LogP contribution is 2.35. The van der Waals surface area contributed by atoms with Crippen LogP contribution in [0.25, 0.3) is 11.4 Å². The van der Waals surface area contributed by atoms with E-state index in [1.54, 1.807) is 0 Å². The Labute approximate surface area is 116 Å². The number of H-pyrrole nitrogens is 1. The Morgan fingerprint density at radius 1 is 1.29 bits per heavy atom. The van der Waals surface area contributed by atoms with E-state index in [-0.39, 0.29) is 17.1 Å². The first-order valence-corrected chi connectivity index (χ1v) is 5.72. The normalized spacial score (nSPS) is 11.4. The summed E-state index contributed by atoms with van der Waals surface area (Å²) < 4.78 is 38.8. The molecule has 1 heterocycles. The molecule has 0 fully saturated rings. The molecule has 2 N–H and O–H groups in total. The number of aryl methyl sites for hydroxylation is 1. The molecule has 2 aromatic rings. The second-order valence-corrected chi connectivity index (χ2v) is 4.22. The molecule has 0 aliphatic heterocycles. The van der Waals surface area contributed by atoms with Crippen molar-refractivity contribution in [3.8, 4) is 11.4 Å². The van der Waals surface area contributed by atoms with E-state index in [1.807, 2.05) is 0 Å². The van der Waals surface area contributed by atoms with Crippen molar-refractivity contribution in [3.05, 3.63) is 51.4 Å². The van der Waals surface area contributed by atoms with Gasteiger partial charge < -0.3 is 10.1 Å². The van der Waals surface area contributed by atoms with Gasteiger partial charge in [0.25, 0.3) is 5.56 Å². The van der Waals surface area contributed by atoms with E-state index in [4.69, 9.17) is 5.11 Å². The van der Waals surface area contributed by atoms with E-state index in [0.717, 1.165) is 12.1 Å². The molecular formula is C13H9F3N2O3. The molecule has 0 bridgehead atoms. The molecule has 0 aliphatic rings. The van der Waals surface area contributed by atoms with Crippen molar-refractivity contribution in [2.24, 2.45) is 0 Å². The van der Waals surface area contributed by atoms with Gasteiger partial charge in [0.05, 0.1) is 11.3 Å². The fourth-order valence-corrected chi connectivity index (χ4v) is 1.90. The molecule has 0 aliphatic carbocycles. The molecular weight excluding hydrogens is 289 g/mol. The molecule has 21 heavy (non-hydrogen) atoms. The van der Waals surface area contributed by atoms with Crippen molar-refractivity contribution in [2.75, 3.05) is 0 Å². The van der Waals surface area contributed by atoms with Crippen molar-refractivity contribution in [1.82, 2.24) is 9.97 Å². The number of nitrogens with one attached hydrogen (secondary N) is 1. The number of nitrogens with zero attached hydrogens (tertiary/aromatic N) is 1. The lowest BCUT2D eigenvalue weighted by molar-refractivity contribution is -0.137. The van der Waals surface area contributed by atoms with Crippen LogP contribution >= 0.6 is 0 Å². The molecule has 0 spiro atoms. The van der Waals surface area contributed by atoms with Crippen LogP contribution in [0.5, 0.6) is 0 Å². The van der Waals surface area contributed by atoms with E-state index in [9.17, 15) is 22.8 Å². The molecule has 0 radical (unpaired) electrons. The van der Waals surface area contributed by atoms with E-state index < -0.39 is 28.8 Å². The minimum atomic E-state index is -4.62. The third kappa shape index (κ3) is 2.78. The molecule has 0 unspecified atom stereocenters. The number of rotatable bonds is 2. The van der Waals surface area contributed by atoms with Crippen LogP contribution in [-0.4, -0.2) is 21.0 Å². The van der Waals surface area contributed by atoms with Gasteiger partial charge in [-0.2, -0.15) is 13.2 Å². The lowest BCUT2D eigenvalue weighted by Gasteiger charge is -2.12. The third-order valence-corrected chi connectivity index (χ3v) is 2.80. The first kappa shape index (κ1) is 14.8. The van der Waals surface area contributed by atoms with E-state index >= 15 is 0 Å². The molecule has 110 valence electrons. The molecule has 0 saturated heterocycles. The Morgan fingerprint density at radius 3 is 2.43 bits per heavy atom. The molecule has 0 saturated carbocycles. The predicted molar refractivity (Wildman–Crippen MR) is 67.0 cm³/mol. The number of carbonyl (C=O) groups is 1. The highest BCUT2D eigenvalue weighted by atomic mass is 19.4. The molecule has 0 atom stereocenters. The fraction of sp³-hybridized carbons (Fsp3) is 0.154. The van der Waals surface area contributed by atoms with Crippen LogP contribution in [0.15, 0.2) is 29.1 Å². The Kier molecular flexibility index (Phi) is 3.54. The van der Waals surface area contributed by atoms with Crippen LogP contribution in [0.1, 0.15) is 21.6 Å². The van der Waals surface area contributed by atoms with Crippen molar-refractivity contribution in [1.29, 1.82) is 0 Å². The van der Waals surface area contributed by atoms with Crippen molar-refractivity contribution < 1.29 is 23.1 Å². The topological polar surface area (TPSA) is 83.0 Å². The summed E-state index contributed by atoms with van der Waals surface area (Å²) >= 11 is 0. The van der Waals surface area contributed by atoms with Gasteiger partial charge in [0.15, 0.2) is 0 Å². The summed E-state index contributed by atoms with van der Waals surface area (Å²) in [4.78, 5) is 28.4. The Bertz CT molecular complexity index is 766. The second kappa shape index (κ2) is 5.04. The zero-order chi connectivity index (χ0) is 15.8. The lowest BCUT2D eigenvalue weighted by atomic mass is 10.1. The number of aromatic nitrogens is 2. The first-order chi connectivity index (χ1) is 9.71. The number of hydrogen-bond donors (Lipinski definition) is 2. The van der Waals surface area contributed by atoms with Gasteiger partial charge in [0.1, 0.15) is 11.4 Å². The van der Waals surface area contributed by atoms with Gasteiger partial charge in [-0.3, -0.25) is 4.79 Å². The van der Waals surface area contributed by atoms with Crippen molar-refractivity contribution in [2.45, 2.75) is 13.1 Å². The average Bonchev–Trinajstić information content (AvgIpc) is 2.36. The molecule has 8 heteroatoms. The molecule has 0 amide bonds. The van der Waals surface area contributed by atoms with E-state index in [2.05, 4.69) is 9.97 Å². The highest BCUT2D eigenvalue weighted by Gasteiger charge is 2.34. The number of hydrogen-bond acceptors (Lipinski definition) is 3. The number of alkyl halides is 3. The van der Waals surface area contributed by atoms with Crippen LogP contribution < -0.4 is 5.56 Å². The summed E-state index contributed by atoms with van der Waals surface area (Å²) in [7, 11) is 0. The maximum Gasteiger partial charge on any atom is 0.417 e. The van der Waals surface area contributed by atoms with E-state index in [1.165, 1.54) is 19.1 Å². The van der Waals surface area contributed by atoms with Crippen molar-refractivity contribution >= 4 is 5.97 Å². The summed E-state index contributed by atoms with van der Waals surface area (Å²) in [6.07, 6.45) is -4.62. The molecule has 1 aromatic carbocycles. The first-order valence-electron chi connectivity index (χ1n) is 5.72. The summed E-state index contributed by atoms with van der Waals surface area (Å²) in [5.41, 5.74) is -3.03. The van der Waals surface area contributed by atoms with Crippen LogP contribution in [0.3, 0.4) is 0 Å². The number of aromatic carboxylic acids is 1. The zero-order valence-electron chi connectivity index (χ0n) is 10.7. The number of carboxylic acid groups (broad SMARTS) is 1. The lowest BCUT2D eigenvalue weighted by Crippen LogP contribution is -2.22. The predicted octanol–water partition coefficient (Wildman–Crippen LogP) is 2.46. The summed E-state index contributed by atoms with van der Waals surface area (Å²) in [5.74, 6) is -1.81. The van der Waals surface area contributed by atoms with Gasteiger partial charge in [-0.05, 0) is 13.0 Å². The van der Waals surface area contributed by atoms with Crippen molar-refractivity contribution in [3.63, 3.8) is 0 Å². The summed E-state index contributed by atoms with van der Waals surface area (Å²) in [6.45, 7) is 1.25. The van der Waals surface area contributed by atoms with Crippen LogP contribution in [0.2, 0.25) is 0 Å². The smallest absolute Gasteiger partial charge is 0.417 e. The van der Waals surface area contributed by atoms with Gasteiger partial charge in [0, 0.05) is 5.56 Å². The monoisotopic (exact) mass is 298 g/mol. The maximum atomic E-state index is 12.9. The maximum absolute atomic E-state index is 12.9. The largest absolute Gasteiger partial charge is 0.477 e. The summed E-state index contributed by atoms with van der Waals surface area (Å²) in [6, 6.07) is 4.59. The third-order valence-electron chi connectivity index (χ3n) is 2.80. The summed E-state index contributed by atoms with van der Waals surface area (Å²) in [5, 5.41) is 8.85. The van der Waals surface area contributed by atoms with Gasteiger partial charge in [-0.25, -0.2) is 9.78 Å². The number of aromatic amines is 1. The quantitative estimate of drug-likeness (QED) is 0.892. The van der Waals surface area contributed by atoms with E-state index in [0.29, 0.717) is 0 Å². The Morgan fingerprint density at radius 2 is 1.90 bits per heavy atom. The fourth-order valence-electron chi connectivity index (χ4n) is 1.90. The molecule has 2 rings (SSSR count). The molecule has 5 nitrogen and oxygen atoms in total. The average molecular weight is 298 g/mol. The highest BCUT2D eigenvalue weighted by molar-refractivity contribution is 5.88. The molecule has 1 aromatic heterocycles. The van der Waals surface area contributed by atoms with Gasteiger partial charge in [0.2, 0.25) is 0 Å². The Hall–Kier alpha value is -2.64. The zero-order valence-corrected chi connectivity index (χ0v) is 10.7. The number of carboxylic acids is 1. The number of benzene rings is 1. The van der Waals surface area contributed by atoms with Crippen LogP contribution in [0, 0.1) is 6.92 Å². The van der Waals surface area contributed by atoms with Gasteiger partial charge in [-0.15, -0.1) is 0 Å². The minimum Gasteiger partial charge on any atom is -0.477 e. The van der Waals surface area contributed by atoms with Gasteiger partial charge >= 0.3 is 12.1 Å². The standard InChI is InChI=1S/C13H9F3N2O3/c1-6-9(12(20)21)11(19)18-10(17-6)7-4-2-3-5-8(7)13(14,15)16/h2-5H,1H3,(H,20,21)(H,17,18,19). The second-order valence-electron chi connectivity index (χ2n) is 4.22. The Balaban J connectivity index is 2.70. The minimum absolute atomic E-state index is 0.154. The van der Waals surface area contributed by atoms with Crippen LogP contribution in [0.4, 0.5) is 13.2 Å². The SMILES string of the molecule is Cc1nc(-c2ccccc2C(F)(F)F)[nH]c(=O)c1C(=O)O. The number of halogens is 3. The van der Waals surface area contributed by atoms with Crippen LogP contribution in [-0.2, 0) is 6.18 Å². The van der Waals surface area contributed by atoms with Gasteiger partial charge in [-0.1, -0.05) is 18.2 Å².